The molecule has 2 aromatic rings. The van der Waals surface area contributed by atoms with Crippen LogP contribution in [0.1, 0.15) is 28.8 Å². The third-order valence-corrected chi connectivity index (χ3v) is 5.19. The van der Waals surface area contributed by atoms with Crippen molar-refractivity contribution < 1.29 is 13.2 Å². The molecule has 0 aliphatic carbocycles. The number of hydrogen-bond acceptors (Lipinski definition) is 5. The summed E-state index contributed by atoms with van der Waals surface area (Å²) in [7, 11) is -3.31. The highest BCUT2D eigenvalue weighted by Crippen LogP contribution is 2.23. The van der Waals surface area contributed by atoms with Gasteiger partial charge in [0.15, 0.2) is 5.78 Å². The van der Waals surface area contributed by atoms with E-state index in [9.17, 15) is 13.2 Å². The number of Topliss-reactive ketones (excluding diaryl/α,β-unsaturated/α-hetero) is 1. The summed E-state index contributed by atoms with van der Waals surface area (Å²) in [6, 6.07) is 10.7. The fraction of sp³-hybridized carbons (Fsp3) is 0.368. The van der Waals surface area contributed by atoms with Crippen molar-refractivity contribution in [1.82, 2.24) is 9.88 Å². The first-order valence-corrected chi connectivity index (χ1v) is 10.5. The van der Waals surface area contributed by atoms with Gasteiger partial charge in [-0.25, -0.2) is 8.42 Å². The van der Waals surface area contributed by atoms with E-state index >= 15 is 0 Å². The molecule has 0 saturated carbocycles. The minimum Gasteiger partial charge on any atom is -0.299 e. The topological polar surface area (TPSA) is 79.4 Å². The van der Waals surface area contributed by atoms with Gasteiger partial charge in [-0.15, -0.1) is 0 Å². The van der Waals surface area contributed by atoms with Crippen LogP contribution in [0.15, 0.2) is 48.8 Å². The van der Waals surface area contributed by atoms with Crippen molar-refractivity contribution in [3.05, 3.63) is 59.9 Å². The van der Waals surface area contributed by atoms with Crippen molar-refractivity contribution in [3.8, 4) is 0 Å². The monoisotopic (exact) mass is 373 g/mol. The highest BCUT2D eigenvalue weighted by atomic mass is 32.2. The molecule has 1 fully saturated rings. The molecule has 0 unspecified atom stereocenters. The number of nitrogens with zero attached hydrogens (tertiary/aromatic N) is 2. The Labute approximate surface area is 154 Å². The molecule has 0 spiro atoms. The average Bonchev–Trinajstić information content (AvgIpc) is 2.62. The maximum Gasteiger partial charge on any atom is 0.229 e. The normalized spacial score (nSPS) is 16.3. The van der Waals surface area contributed by atoms with E-state index in [0.717, 1.165) is 38.7 Å². The molecule has 1 aromatic heterocycles. The molecule has 1 aliphatic rings. The zero-order valence-corrected chi connectivity index (χ0v) is 15.6. The highest BCUT2D eigenvalue weighted by Gasteiger charge is 2.25. The van der Waals surface area contributed by atoms with E-state index in [1.807, 2.05) is 12.1 Å². The van der Waals surface area contributed by atoms with E-state index in [1.165, 1.54) is 5.56 Å². The second kappa shape index (κ2) is 7.97. The zero-order chi connectivity index (χ0) is 18.6. The maximum atomic E-state index is 12.7. The van der Waals surface area contributed by atoms with Crippen molar-refractivity contribution in [2.45, 2.75) is 19.4 Å². The Morgan fingerprint density at radius 3 is 2.31 bits per heavy atom. The molecule has 1 N–H and O–H groups in total. The van der Waals surface area contributed by atoms with Crippen LogP contribution in [-0.2, 0) is 16.6 Å². The highest BCUT2D eigenvalue weighted by molar-refractivity contribution is 7.92. The molecule has 1 aliphatic heterocycles. The average molecular weight is 373 g/mol. The van der Waals surface area contributed by atoms with Crippen molar-refractivity contribution in [2.75, 3.05) is 24.1 Å². The standard InChI is InChI=1S/C19H23N3O3S/c1-26(24,25)21-18-4-2-16(3-5-18)19(23)17-8-12-22(13-9-17)14-15-6-10-20-11-7-15/h2-7,10-11,17,21H,8-9,12-14H2,1H3. The summed E-state index contributed by atoms with van der Waals surface area (Å²) >= 11 is 0. The van der Waals surface area contributed by atoms with Crippen molar-refractivity contribution in [2.24, 2.45) is 5.92 Å². The molecule has 138 valence electrons. The van der Waals surface area contributed by atoms with Gasteiger partial charge < -0.3 is 0 Å². The Bertz CT molecular complexity index is 843. The maximum absolute atomic E-state index is 12.7. The number of benzene rings is 1. The van der Waals surface area contributed by atoms with E-state index in [4.69, 9.17) is 0 Å². The lowest BCUT2D eigenvalue weighted by Gasteiger charge is -2.31. The molecular formula is C19H23N3O3S. The number of piperidine rings is 1. The van der Waals surface area contributed by atoms with Crippen LogP contribution < -0.4 is 4.72 Å². The molecular weight excluding hydrogens is 350 g/mol. The van der Waals surface area contributed by atoms with Crippen LogP contribution in [0.3, 0.4) is 0 Å². The number of ketones is 1. The predicted molar refractivity (Wildman–Crippen MR) is 101 cm³/mol. The van der Waals surface area contributed by atoms with Crippen molar-refractivity contribution in [1.29, 1.82) is 0 Å². The second-order valence-corrected chi connectivity index (χ2v) is 8.47. The summed E-state index contributed by atoms with van der Waals surface area (Å²) in [6.45, 7) is 2.67. The third kappa shape index (κ3) is 5.12. The Kier molecular flexibility index (Phi) is 5.68. The van der Waals surface area contributed by atoms with Crippen LogP contribution in [0.2, 0.25) is 0 Å². The lowest BCUT2D eigenvalue weighted by Crippen LogP contribution is -2.35. The molecule has 1 saturated heterocycles. The summed E-state index contributed by atoms with van der Waals surface area (Å²) in [5.74, 6) is 0.164. The lowest BCUT2D eigenvalue weighted by molar-refractivity contribution is 0.0835. The zero-order valence-electron chi connectivity index (χ0n) is 14.8. The first-order chi connectivity index (χ1) is 12.4. The van der Waals surface area contributed by atoms with Crippen molar-refractivity contribution >= 4 is 21.5 Å². The van der Waals surface area contributed by atoms with Gasteiger partial charge in [0.25, 0.3) is 0 Å². The number of nitrogens with one attached hydrogen (secondary N) is 1. The fourth-order valence-electron chi connectivity index (χ4n) is 3.25. The van der Waals surface area contributed by atoms with E-state index in [1.54, 1.807) is 36.7 Å². The number of sulfonamides is 1. The number of aromatic nitrogens is 1. The number of likely N-dealkylation sites (tertiary alicyclic amines) is 1. The molecule has 1 aromatic carbocycles. The number of rotatable bonds is 6. The van der Waals surface area contributed by atoms with Gasteiger partial charge in [0, 0.05) is 36.1 Å². The van der Waals surface area contributed by atoms with Gasteiger partial charge in [-0.1, -0.05) is 0 Å². The molecule has 6 nitrogen and oxygen atoms in total. The van der Waals surface area contributed by atoms with Crippen LogP contribution in [0, 0.1) is 5.92 Å². The molecule has 0 amide bonds. The van der Waals surface area contributed by atoms with Crippen molar-refractivity contribution in [3.63, 3.8) is 0 Å². The van der Waals surface area contributed by atoms with Crippen LogP contribution in [0.25, 0.3) is 0 Å². The summed E-state index contributed by atoms with van der Waals surface area (Å²) in [5, 5.41) is 0. The van der Waals surface area contributed by atoms with E-state index in [-0.39, 0.29) is 11.7 Å². The van der Waals surface area contributed by atoms with Gasteiger partial charge in [0.2, 0.25) is 10.0 Å². The summed E-state index contributed by atoms with van der Waals surface area (Å²) in [4.78, 5) is 19.1. The molecule has 26 heavy (non-hydrogen) atoms. The Balaban J connectivity index is 1.55. The van der Waals surface area contributed by atoms with Gasteiger partial charge in [-0.3, -0.25) is 19.4 Å². The third-order valence-electron chi connectivity index (χ3n) is 4.59. The largest absolute Gasteiger partial charge is 0.299 e. The minimum absolute atomic E-state index is 0.0254. The van der Waals surface area contributed by atoms with Crippen LogP contribution in [0.4, 0.5) is 5.69 Å². The molecule has 0 bridgehead atoms. The summed E-state index contributed by atoms with van der Waals surface area (Å²) in [6.07, 6.45) is 6.38. The van der Waals surface area contributed by atoms with Gasteiger partial charge in [-0.2, -0.15) is 0 Å². The predicted octanol–water partition coefficient (Wildman–Crippen LogP) is 2.55. The summed E-state index contributed by atoms with van der Waals surface area (Å²) < 4.78 is 24.9. The van der Waals surface area contributed by atoms with Gasteiger partial charge in [0.1, 0.15) is 0 Å². The van der Waals surface area contributed by atoms with E-state index in [2.05, 4.69) is 14.6 Å². The van der Waals surface area contributed by atoms with Gasteiger partial charge in [-0.05, 0) is 67.9 Å². The Morgan fingerprint density at radius 1 is 1.12 bits per heavy atom. The first kappa shape index (κ1) is 18.5. The molecule has 0 radical (unpaired) electrons. The summed E-state index contributed by atoms with van der Waals surface area (Å²) in [5.41, 5.74) is 2.34. The minimum atomic E-state index is -3.31. The van der Waals surface area contributed by atoms with E-state index in [0.29, 0.717) is 11.3 Å². The van der Waals surface area contributed by atoms with Gasteiger partial charge in [0.05, 0.1) is 6.26 Å². The number of hydrogen-bond donors (Lipinski definition) is 1. The van der Waals surface area contributed by atoms with Crippen LogP contribution in [0.5, 0.6) is 0 Å². The first-order valence-electron chi connectivity index (χ1n) is 8.64. The molecule has 2 heterocycles. The van der Waals surface area contributed by atoms with Crippen LogP contribution in [-0.4, -0.2) is 43.4 Å². The number of carbonyl (C=O) groups excluding carboxylic acids is 1. The molecule has 0 atom stereocenters. The smallest absolute Gasteiger partial charge is 0.229 e. The van der Waals surface area contributed by atoms with Crippen LogP contribution >= 0.6 is 0 Å². The molecule has 3 rings (SSSR count). The Hall–Kier alpha value is -2.25. The second-order valence-electron chi connectivity index (χ2n) is 6.72. The number of anilines is 1. The Morgan fingerprint density at radius 2 is 1.73 bits per heavy atom. The quantitative estimate of drug-likeness (QED) is 0.787. The lowest BCUT2D eigenvalue weighted by atomic mass is 9.88. The SMILES string of the molecule is CS(=O)(=O)Nc1ccc(C(=O)C2CCN(Cc3ccncc3)CC2)cc1. The number of pyridine rings is 1. The van der Waals surface area contributed by atoms with E-state index < -0.39 is 10.0 Å². The molecule has 7 heteroatoms. The fourth-order valence-corrected chi connectivity index (χ4v) is 3.82. The number of carbonyl (C=O) groups is 1. The van der Waals surface area contributed by atoms with Gasteiger partial charge >= 0.3 is 0 Å².